The minimum atomic E-state index is -0.301. The number of amides is 1. The van der Waals surface area contributed by atoms with Gasteiger partial charge >= 0.3 is 0 Å². The molecule has 0 fully saturated rings. The second-order valence-corrected chi connectivity index (χ2v) is 6.23. The maximum absolute atomic E-state index is 12.0. The number of carbonyl (C=O) groups excluding carboxylic acids is 1. The summed E-state index contributed by atoms with van der Waals surface area (Å²) in [6.07, 6.45) is 5.27. The number of pyridine rings is 1. The van der Waals surface area contributed by atoms with Crippen LogP contribution in [0.4, 0.5) is 0 Å². The van der Waals surface area contributed by atoms with Gasteiger partial charge in [-0.1, -0.05) is 35.5 Å². The van der Waals surface area contributed by atoms with Gasteiger partial charge in [0.25, 0.3) is 5.91 Å². The smallest absolute Gasteiger partial charge is 0.253 e. The highest BCUT2D eigenvalue weighted by Gasteiger charge is 2.12. The maximum atomic E-state index is 12.0. The first-order chi connectivity index (χ1) is 13.1. The monoisotopic (exact) mass is 363 g/mol. The molecule has 0 spiro atoms. The third-order valence-electron chi connectivity index (χ3n) is 4.08. The fraction of sp³-hybridized carbons (Fsp3) is 0.190. The van der Waals surface area contributed by atoms with Crippen molar-refractivity contribution in [1.29, 1.82) is 0 Å². The molecule has 1 unspecified atom stereocenters. The van der Waals surface area contributed by atoms with Gasteiger partial charge in [-0.2, -0.15) is 0 Å². The summed E-state index contributed by atoms with van der Waals surface area (Å²) >= 11 is 0. The number of carbonyl (C=O) groups is 1. The van der Waals surface area contributed by atoms with Gasteiger partial charge in [0.2, 0.25) is 0 Å². The Kier molecular flexibility index (Phi) is 5.78. The van der Waals surface area contributed by atoms with Crippen molar-refractivity contribution in [2.24, 2.45) is 0 Å². The predicted octanol–water partition coefficient (Wildman–Crippen LogP) is 3.33. The fourth-order valence-corrected chi connectivity index (χ4v) is 2.54. The number of nitrogens with one attached hydrogen (secondary N) is 1. The number of nitrogens with zero attached hydrogens (tertiary/aromatic N) is 2. The van der Waals surface area contributed by atoms with Crippen molar-refractivity contribution in [1.82, 2.24) is 15.5 Å². The van der Waals surface area contributed by atoms with Crippen LogP contribution in [0, 0.1) is 6.92 Å². The van der Waals surface area contributed by atoms with Crippen LogP contribution < -0.4 is 5.32 Å². The van der Waals surface area contributed by atoms with Gasteiger partial charge < -0.3 is 14.9 Å². The van der Waals surface area contributed by atoms with Gasteiger partial charge in [0.1, 0.15) is 11.5 Å². The van der Waals surface area contributed by atoms with Crippen LogP contribution in [0.1, 0.15) is 34.3 Å². The molecule has 0 radical (unpaired) electrons. The van der Waals surface area contributed by atoms with E-state index in [-0.39, 0.29) is 18.6 Å². The summed E-state index contributed by atoms with van der Waals surface area (Å²) < 4.78 is 5.34. The highest BCUT2D eigenvalue weighted by Crippen LogP contribution is 2.26. The standard InChI is InChI=1S/C21H21N3O3/c1-14(13-25)23-21(26)17-8-9-18(22-12-17)10-11-19-15(2)27-24-20(19)16-6-4-3-5-7-16/h3-12,14,25H,13H2,1-2H3,(H,23,26). The predicted molar refractivity (Wildman–Crippen MR) is 104 cm³/mol. The summed E-state index contributed by atoms with van der Waals surface area (Å²) in [7, 11) is 0. The fourth-order valence-electron chi connectivity index (χ4n) is 2.54. The van der Waals surface area contributed by atoms with Gasteiger partial charge in [-0.25, -0.2) is 0 Å². The summed E-state index contributed by atoms with van der Waals surface area (Å²) in [5, 5.41) is 15.8. The first-order valence-electron chi connectivity index (χ1n) is 8.66. The summed E-state index contributed by atoms with van der Waals surface area (Å²) in [4.78, 5) is 16.3. The lowest BCUT2D eigenvalue weighted by atomic mass is 10.1. The number of hydrogen-bond acceptors (Lipinski definition) is 5. The van der Waals surface area contributed by atoms with Crippen LogP contribution in [0.2, 0.25) is 0 Å². The van der Waals surface area contributed by atoms with Crippen LogP contribution in [-0.2, 0) is 0 Å². The van der Waals surface area contributed by atoms with Gasteiger partial charge in [-0.05, 0) is 38.1 Å². The molecule has 27 heavy (non-hydrogen) atoms. The number of aryl methyl sites for hydroxylation is 1. The maximum Gasteiger partial charge on any atom is 0.253 e. The number of rotatable bonds is 6. The average Bonchev–Trinajstić information content (AvgIpc) is 3.07. The van der Waals surface area contributed by atoms with Crippen molar-refractivity contribution >= 4 is 18.1 Å². The molecule has 0 saturated carbocycles. The molecule has 1 amide bonds. The molecule has 2 N–H and O–H groups in total. The SMILES string of the molecule is Cc1onc(-c2ccccc2)c1C=Cc1ccc(C(=O)NC(C)CO)cn1. The third kappa shape index (κ3) is 4.48. The Bertz CT molecular complexity index is 931. The zero-order valence-electron chi connectivity index (χ0n) is 15.2. The van der Waals surface area contributed by atoms with Crippen LogP contribution in [0.3, 0.4) is 0 Å². The molecule has 2 aromatic heterocycles. The molecular weight excluding hydrogens is 342 g/mol. The van der Waals surface area contributed by atoms with Crippen molar-refractivity contribution in [3.8, 4) is 11.3 Å². The van der Waals surface area contributed by atoms with Crippen molar-refractivity contribution in [3.05, 3.63) is 71.2 Å². The number of aliphatic hydroxyl groups excluding tert-OH is 1. The van der Waals surface area contributed by atoms with E-state index in [0.29, 0.717) is 11.3 Å². The number of hydrogen-bond donors (Lipinski definition) is 2. The van der Waals surface area contributed by atoms with Crippen LogP contribution in [0.5, 0.6) is 0 Å². The van der Waals surface area contributed by atoms with E-state index in [2.05, 4.69) is 15.5 Å². The lowest BCUT2D eigenvalue weighted by Gasteiger charge is -2.10. The zero-order chi connectivity index (χ0) is 19.2. The minimum Gasteiger partial charge on any atom is -0.394 e. The Morgan fingerprint density at radius 3 is 2.67 bits per heavy atom. The molecule has 0 aliphatic heterocycles. The van der Waals surface area contributed by atoms with E-state index >= 15 is 0 Å². The summed E-state index contributed by atoms with van der Waals surface area (Å²) in [5.74, 6) is 0.458. The van der Waals surface area contributed by atoms with Crippen LogP contribution in [0.15, 0.2) is 53.2 Å². The topological polar surface area (TPSA) is 88.2 Å². The molecule has 6 nitrogen and oxygen atoms in total. The Morgan fingerprint density at radius 2 is 2.00 bits per heavy atom. The second-order valence-electron chi connectivity index (χ2n) is 6.23. The molecule has 2 heterocycles. The normalized spacial score (nSPS) is 12.3. The molecule has 1 atom stereocenters. The molecule has 138 valence electrons. The van der Waals surface area contributed by atoms with Crippen molar-refractivity contribution in [2.45, 2.75) is 19.9 Å². The third-order valence-corrected chi connectivity index (χ3v) is 4.08. The molecule has 0 saturated heterocycles. The van der Waals surface area contributed by atoms with E-state index in [1.165, 1.54) is 6.20 Å². The van der Waals surface area contributed by atoms with E-state index < -0.39 is 0 Å². The first kappa shape index (κ1) is 18.5. The lowest BCUT2D eigenvalue weighted by Crippen LogP contribution is -2.35. The van der Waals surface area contributed by atoms with Crippen LogP contribution in [0.25, 0.3) is 23.4 Å². The van der Waals surface area contributed by atoms with E-state index in [1.807, 2.05) is 49.4 Å². The molecule has 6 heteroatoms. The highest BCUT2D eigenvalue weighted by molar-refractivity contribution is 5.94. The van der Waals surface area contributed by atoms with E-state index in [9.17, 15) is 4.79 Å². The zero-order valence-corrected chi connectivity index (χ0v) is 15.2. The number of benzene rings is 1. The molecular formula is C21H21N3O3. The Balaban J connectivity index is 1.78. The Morgan fingerprint density at radius 1 is 1.22 bits per heavy atom. The lowest BCUT2D eigenvalue weighted by molar-refractivity contribution is 0.0922. The van der Waals surface area contributed by atoms with Crippen molar-refractivity contribution in [2.75, 3.05) is 6.61 Å². The molecule has 3 aromatic rings. The van der Waals surface area contributed by atoms with Crippen LogP contribution >= 0.6 is 0 Å². The van der Waals surface area contributed by atoms with Crippen molar-refractivity contribution < 1.29 is 14.4 Å². The molecule has 0 aliphatic rings. The highest BCUT2D eigenvalue weighted by atomic mass is 16.5. The summed E-state index contributed by atoms with van der Waals surface area (Å²) in [6, 6.07) is 13.0. The van der Waals surface area contributed by atoms with Gasteiger partial charge in [-0.15, -0.1) is 0 Å². The van der Waals surface area contributed by atoms with E-state index in [1.54, 1.807) is 19.1 Å². The number of aromatic nitrogens is 2. The second kappa shape index (κ2) is 8.42. The van der Waals surface area contributed by atoms with Gasteiger partial charge in [0.05, 0.1) is 17.9 Å². The van der Waals surface area contributed by atoms with Crippen LogP contribution in [-0.4, -0.2) is 33.8 Å². The van der Waals surface area contributed by atoms with Crippen molar-refractivity contribution in [3.63, 3.8) is 0 Å². The molecule has 3 rings (SSSR count). The average molecular weight is 363 g/mol. The van der Waals surface area contributed by atoms with Gasteiger partial charge in [-0.3, -0.25) is 9.78 Å². The number of aliphatic hydroxyl groups is 1. The van der Waals surface area contributed by atoms with E-state index in [4.69, 9.17) is 9.63 Å². The quantitative estimate of drug-likeness (QED) is 0.701. The summed E-state index contributed by atoms with van der Waals surface area (Å²) in [5.41, 5.74) is 3.80. The van der Waals surface area contributed by atoms with Gasteiger partial charge in [0.15, 0.2) is 0 Å². The molecule has 0 aliphatic carbocycles. The molecule has 0 bridgehead atoms. The Labute approximate surface area is 157 Å². The largest absolute Gasteiger partial charge is 0.394 e. The summed E-state index contributed by atoms with van der Waals surface area (Å²) in [6.45, 7) is 3.48. The van der Waals surface area contributed by atoms with Gasteiger partial charge in [0, 0.05) is 23.4 Å². The first-order valence-corrected chi connectivity index (χ1v) is 8.66. The van der Waals surface area contributed by atoms with E-state index in [0.717, 1.165) is 22.6 Å². The molecule has 1 aromatic carbocycles. The Hall–Kier alpha value is -3.25. The minimum absolute atomic E-state index is 0.109.